The number of aromatic nitrogens is 1. The van der Waals surface area contributed by atoms with Crippen molar-refractivity contribution < 1.29 is 8.42 Å². The fourth-order valence-electron chi connectivity index (χ4n) is 1.52. The average Bonchev–Trinajstić information content (AvgIpc) is 2.55. The number of fused-ring (bicyclic) bond motifs is 1. The van der Waals surface area contributed by atoms with E-state index in [-0.39, 0.29) is 11.5 Å². The molecule has 0 fully saturated rings. The minimum Gasteiger partial charge on any atom is -0.362 e. The Bertz CT molecular complexity index is 451. The summed E-state index contributed by atoms with van der Waals surface area (Å²) in [7, 11) is -2.86. The van der Waals surface area contributed by atoms with Crippen LogP contribution < -0.4 is 5.32 Å². The number of rotatable bonds is 3. The number of thiazole rings is 1. The van der Waals surface area contributed by atoms with E-state index in [1.807, 2.05) is 0 Å². The summed E-state index contributed by atoms with van der Waals surface area (Å²) in [6.45, 7) is 2.98. The lowest BCUT2D eigenvalue weighted by Crippen LogP contribution is -2.17. The van der Waals surface area contributed by atoms with Crippen LogP contribution in [-0.2, 0) is 22.0 Å². The van der Waals surface area contributed by atoms with Gasteiger partial charge in [0.1, 0.15) is 0 Å². The molecular formula is C9H14N2O2S2. The molecule has 1 aromatic rings. The van der Waals surface area contributed by atoms with Gasteiger partial charge in [0.05, 0.1) is 17.2 Å². The van der Waals surface area contributed by atoms with E-state index in [1.165, 1.54) is 11.3 Å². The minimum absolute atomic E-state index is 0.174. The van der Waals surface area contributed by atoms with E-state index in [4.69, 9.17) is 0 Å². The monoisotopic (exact) mass is 246 g/mol. The van der Waals surface area contributed by atoms with Gasteiger partial charge in [0.15, 0.2) is 15.0 Å². The van der Waals surface area contributed by atoms with Crippen LogP contribution in [0.25, 0.3) is 0 Å². The standard InChI is InChI=1S/C9H14N2O2S2/c1-2-4-10-9-11-7-3-5-15(12,13)6-8(7)14-9/h2-6H2,1H3,(H,10,11). The lowest BCUT2D eigenvalue weighted by Gasteiger charge is -2.08. The third-order valence-electron chi connectivity index (χ3n) is 2.31. The van der Waals surface area contributed by atoms with Crippen LogP contribution in [0.4, 0.5) is 5.13 Å². The third kappa shape index (κ3) is 2.49. The van der Waals surface area contributed by atoms with Gasteiger partial charge in [-0.3, -0.25) is 0 Å². The molecule has 6 heteroatoms. The number of aryl methyl sites for hydroxylation is 1. The zero-order valence-electron chi connectivity index (χ0n) is 8.62. The van der Waals surface area contributed by atoms with Crippen molar-refractivity contribution in [2.45, 2.75) is 25.5 Å². The van der Waals surface area contributed by atoms with Crippen molar-refractivity contribution in [1.82, 2.24) is 4.98 Å². The molecule has 0 unspecified atom stereocenters. The molecule has 1 aliphatic rings. The third-order valence-corrected chi connectivity index (χ3v) is 5.10. The fraction of sp³-hybridized carbons (Fsp3) is 0.667. The first-order chi connectivity index (χ1) is 7.11. The normalized spacial score (nSPS) is 18.5. The maximum atomic E-state index is 11.4. The molecule has 4 nitrogen and oxygen atoms in total. The lowest BCUT2D eigenvalue weighted by molar-refractivity contribution is 0.591. The van der Waals surface area contributed by atoms with Gasteiger partial charge in [0.2, 0.25) is 0 Å². The van der Waals surface area contributed by atoms with Crippen LogP contribution in [0.15, 0.2) is 0 Å². The highest BCUT2D eigenvalue weighted by Crippen LogP contribution is 2.29. The lowest BCUT2D eigenvalue weighted by atomic mass is 10.3. The molecule has 1 N–H and O–H groups in total. The van der Waals surface area contributed by atoms with Crippen molar-refractivity contribution >= 4 is 26.3 Å². The predicted molar refractivity (Wildman–Crippen MR) is 62.1 cm³/mol. The molecule has 0 spiro atoms. The maximum Gasteiger partial charge on any atom is 0.183 e. The molecule has 0 aromatic carbocycles. The molecule has 1 aromatic heterocycles. The van der Waals surface area contributed by atoms with E-state index in [2.05, 4.69) is 17.2 Å². The Balaban J connectivity index is 2.18. The highest BCUT2D eigenvalue weighted by atomic mass is 32.2. The molecule has 0 aliphatic carbocycles. The number of hydrogen-bond donors (Lipinski definition) is 1. The predicted octanol–water partition coefficient (Wildman–Crippen LogP) is 1.44. The van der Waals surface area contributed by atoms with Gasteiger partial charge in [0, 0.05) is 17.8 Å². The van der Waals surface area contributed by atoms with E-state index in [1.54, 1.807) is 0 Å². The molecule has 84 valence electrons. The van der Waals surface area contributed by atoms with Gasteiger partial charge in [0.25, 0.3) is 0 Å². The van der Waals surface area contributed by atoms with Crippen LogP contribution in [0.5, 0.6) is 0 Å². The first kappa shape index (κ1) is 10.9. The first-order valence-electron chi connectivity index (χ1n) is 5.03. The summed E-state index contributed by atoms with van der Waals surface area (Å²) in [5.41, 5.74) is 0.966. The largest absolute Gasteiger partial charge is 0.362 e. The summed E-state index contributed by atoms with van der Waals surface area (Å²) in [6, 6.07) is 0. The number of nitrogens with zero attached hydrogens (tertiary/aromatic N) is 1. The fourth-order valence-corrected chi connectivity index (χ4v) is 4.34. The minimum atomic E-state index is -2.86. The molecule has 0 saturated heterocycles. The zero-order valence-corrected chi connectivity index (χ0v) is 10.2. The Morgan fingerprint density at radius 3 is 3.07 bits per heavy atom. The molecule has 0 atom stereocenters. The Hall–Kier alpha value is -0.620. The van der Waals surface area contributed by atoms with Crippen molar-refractivity contribution in [2.24, 2.45) is 0 Å². The van der Waals surface area contributed by atoms with Crippen molar-refractivity contribution in [3.8, 4) is 0 Å². The molecule has 0 bridgehead atoms. The van der Waals surface area contributed by atoms with Gasteiger partial charge in [-0.05, 0) is 6.42 Å². The highest BCUT2D eigenvalue weighted by Gasteiger charge is 2.24. The second-order valence-electron chi connectivity index (χ2n) is 3.66. The van der Waals surface area contributed by atoms with Gasteiger partial charge in [-0.15, -0.1) is 11.3 Å². The summed E-state index contributed by atoms with van der Waals surface area (Å²) in [4.78, 5) is 5.31. The SMILES string of the molecule is CCCNc1nc2c(s1)CS(=O)(=O)CC2. The van der Waals surface area contributed by atoms with Crippen molar-refractivity contribution in [1.29, 1.82) is 0 Å². The van der Waals surface area contributed by atoms with Gasteiger partial charge in [-0.25, -0.2) is 13.4 Å². The van der Waals surface area contributed by atoms with Gasteiger partial charge < -0.3 is 5.32 Å². The number of nitrogens with one attached hydrogen (secondary N) is 1. The van der Waals surface area contributed by atoms with Crippen molar-refractivity contribution in [3.05, 3.63) is 10.6 Å². The topological polar surface area (TPSA) is 59.1 Å². The van der Waals surface area contributed by atoms with E-state index in [9.17, 15) is 8.42 Å². The van der Waals surface area contributed by atoms with Crippen LogP contribution >= 0.6 is 11.3 Å². The van der Waals surface area contributed by atoms with Crippen molar-refractivity contribution in [2.75, 3.05) is 17.6 Å². The summed E-state index contributed by atoms with van der Waals surface area (Å²) in [6.07, 6.45) is 1.62. The maximum absolute atomic E-state index is 11.4. The summed E-state index contributed by atoms with van der Waals surface area (Å²) >= 11 is 1.48. The van der Waals surface area contributed by atoms with Gasteiger partial charge in [-0.1, -0.05) is 6.92 Å². The molecule has 2 heterocycles. The van der Waals surface area contributed by atoms with E-state index < -0.39 is 9.84 Å². The second kappa shape index (κ2) is 4.09. The van der Waals surface area contributed by atoms with Gasteiger partial charge >= 0.3 is 0 Å². The van der Waals surface area contributed by atoms with E-state index >= 15 is 0 Å². The molecule has 0 radical (unpaired) electrons. The quantitative estimate of drug-likeness (QED) is 0.876. The smallest absolute Gasteiger partial charge is 0.183 e. The first-order valence-corrected chi connectivity index (χ1v) is 7.67. The van der Waals surface area contributed by atoms with Crippen LogP contribution in [0.1, 0.15) is 23.9 Å². The number of anilines is 1. The molecule has 0 amide bonds. The Morgan fingerprint density at radius 2 is 2.33 bits per heavy atom. The molecule has 2 rings (SSSR count). The second-order valence-corrected chi connectivity index (χ2v) is 6.93. The van der Waals surface area contributed by atoms with Crippen LogP contribution in [-0.4, -0.2) is 25.7 Å². The summed E-state index contributed by atoms with van der Waals surface area (Å²) < 4.78 is 22.8. The molecule has 1 aliphatic heterocycles. The van der Waals surface area contributed by atoms with Crippen molar-refractivity contribution in [3.63, 3.8) is 0 Å². The highest BCUT2D eigenvalue weighted by molar-refractivity contribution is 7.90. The van der Waals surface area contributed by atoms with Crippen LogP contribution in [0.3, 0.4) is 0 Å². The molecule has 15 heavy (non-hydrogen) atoms. The molecule has 0 saturated carbocycles. The summed E-state index contributed by atoms with van der Waals surface area (Å²) in [5, 5.41) is 4.05. The number of hydrogen-bond acceptors (Lipinski definition) is 5. The van der Waals surface area contributed by atoms with Gasteiger partial charge in [-0.2, -0.15) is 0 Å². The Morgan fingerprint density at radius 1 is 1.53 bits per heavy atom. The zero-order chi connectivity index (χ0) is 10.9. The molecular weight excluding hydrogens is 232 g/mol. The Labute approximate surface area is 93.7 Å². The van der Waals surface area contributed by atoms with E-state index in [0.717, 1.165) is 28.7 Å². The average molecular weight is 246 g/mol. The summed E-state index contributed by atoms with van der Waals surface area (Å²) in [5.74, 6) is 0.421. The van der Waals surface area contributed by atoms with Crippen LogP contribution in [0.2, 0.25) is 0 Å². The Kier molecular flexibility index (Phi) is 2.97. The van der Waals surface area contributed by atoms with Crippen LogP contribution in [0, 0.1) is 0 Å². The van der Waals surface area contributed by atoms with E-state index in [0.29, 0.717) is 6.42 Å². The number of sulfone groups is 1.